The average molecular weight is 349 g/mol. The molecular formula is C17H27N5O3. The van der Waals surface area contributed by atoms with E-state index in [9.17, 15) is 9.59 Å². The molecule has 0 aromatic carbocycles. The number of hydrogen-bond donors (Lipinski definition) is 1. The Morgan fingerprint density at radius 3 is 2.80 bits per heavy atom. The molecule has 1 aliphatic carbocycles. The summed E-state index contributed by atoms with van der Waals surface area (Å²) < 4.78 is 7.64. The number of aromatic nitrogens is 2. The zero-order chi connectivity index (χ0) is 18.0. The van der Waals surface area contributed by atoms with Crippen LogP contribution in [-0.2, 0) is 16.1 Å². The first-order valence-corrected chi connectivity index (χ1v) is 8.73. The fourth-order valence-electron chi connectivity index (χ4n) is 3.15. The molecule has 8 nitrogen and oxygen atoms in total. The van der Waals surface area contributed by atoms with Gasteiger partial charge < -0.3 is 24.4 Å². The standard InChI is InChI=1S/C17H27N5O3/c1-13-18-6-7-22(13)12-17(4-5-17)11-19-16(24)21-8-9-25-14(10-21)15(23)20(2)3/h6-7,14H,4-5,8-12H2,1-3H3,(H,19,24)/t14-/m0/s1. The maximum atomic E-state index is 12.5. The zero-order valence-corrected chi connectivity index (χ0v) is 15.2. The molecule has 1 aromatic heterocycles. The minimum Gasteiger partial charge on any atom is -0.365 e. The molecule has 1 saturated carbocycles. The number of rotatable bonds is 5. The molecule has 3 amide bonds. The van der Waals surface area contributed by atoms with Crippen LogP contribution in [0.1, 0.15) is 18.7 Å². The zero-order valence-electron chi connectivity index (χ0n) is 15.2. The number of ether oxygens (including phenoxy) is 1. The van der Waals surface area contributed by atoms with E-state index in [1.165, 1.54) is 4.90 Å². The lowest BCUT2D eigenvalue weighted by molar-refractivity contribution is -0.145. The molecule has 3 rings (SSSR count). The van der Waals surface area contributed by atoms with Crippen LogP contribution < -0.4 is 5.32 Å². The number of amides is 3. The van der Waals surface area contributed by atoms with Crippen LogP contribution in [0.3, 0.4) is 0 Å². The Bertz CT molecular complexity index is 638. The molecule has 0 radical (unpaired) electrons. The van der Waals surface area contributed by atoms with Gasteiger partial charge in [0.25, 0.3) is 5.91 Å². The van der Waals surface area contributed by atoms with Gasteiger partial charge in [0.2, 0.25) is 0 Å². The maximum Gasteiger partial charge on any atom is 0.317 e. The summed E-state index contributed by atoms with van der Waals surface area (Å²) in [5, 5.41) is 3.05. The van der Waals surface area contributed by atoms with Gasteiger partial charge in [-0.25, -0.2) is 9.78 Å². The van der Waals surface area contributed by atoms with E-state index in [0.717, 1.165) is 25.2 Å². The number of likely N-dealkylation sites (N-methyl/N-ethyl adjacent to an activating group) is 1. The highest BCUT2D eigenvalue weighted by Crippen LogP contribution is 2.46. The van der Waals surface area contributed by atoms with Crippen LogP contribution in [0.5, 0.6) is 0 Å². The second kappa shape index (κ2) is 7.03. The number of urea groups is 1. The highest BCUT2D eigenvalue weighted by Gasteiger charge is 2.43. The molecular weight excluding hydrogens is 322 g/mol. The van der Waals surface area contributed by atoms with E-state index >= 15 is 0 Å². The third-order valence-corrected chi connectivity index (χ3v) is 5.07. The van der Waals surface area contributed by atoms with Crippen molar-refractivity contribution in [3.63, 3.8) is 0 Å². The van der Waals surface area contributed by atoms with Crippen molar-refractivity contribution in [2.45, 2.75) is 32.4 Å². The molecule has 1 atom stereocenters. The topological polar surface area (TPSA) is 79.7 Å². The molecule has 138 valence electrons. The van der Waals surface area contributed by atoms with Crippen LogP contribution in [-0.4, -0.2) is 77.7 Å². The smallest absolute Gasteiger partial charge is 0.317 e. The van der Waals surface area contributed by atoms with Gasteiger partial charge in [-0.05, 0) is 19.8 Å². The van der Waals surface area contributed by atoms with Crippen molar-refractivity contribution in [1.29, 1.82) is 0 Å². The summed E-state index contributed by atoms with van der Waals surface area (Å²) in [5.74, 6) is 0.891. The number of nitrogens with zero attached hydrogens (tertiary/aromatic N) is 4. The van der Waals surface area contributed by atoms with E-state index in [0.29, 0.717) is 26.2 Å². The van der Waals surface area contributed by atoms with Crippen molar-refractivity contribution in [2.24, 2.45) is 5.41 Å². The van der Waals surface area contributed by atoms with Gasteiger partial charge in [0, 0.05) is 51.5 Å². The van der Waals surface area contributed by atoms with Gasteiger partial charge in [0.05, 0.1) is 13.2 Å². The van der Waals surface area contributed by atoms with Crippen molar-refractivity contribution in [3.05, 3.63) is 18.2 Å². The van der Waals surface area contributed by atoms with Crippen molar-refractivity contribution in [2.75, 3.05) is 40.3 Å². The van der Waals surface area contributed by atoms with Crippen molar-refractivity contribution < 1.29 is 14.3 Å². The summed E-state index contributed by atoms with van der Waals surface area (Å²) in [4.78, 5) is 32.0. The number of morpholine rings is 1. The normalized spacial score (nSPS) is 21.7. The number of carbonyl (C=O) groups excluding carboxylic acids is 2. The van der Waals surface area contributed by atoms with Crippen LogP contribution in [0.4, 0.5) is 4.79 Å². The Labute approximate surface area is 148 Å². The average Bonchev–Trinajstić information content (AvgIpc) is 3.26. The van der Waals surface area contributed by atoms with Crippen LogP contribution in [0.25, 0.3) is 0 Å². The second-order valence-electron chi connectivity index (χ2n) is 7.30. The van der Waals surface area contributed by atoms with Gasteiger partial charge in [-0.3, -0.25) is 4.79 Å². The maximum absolute atomic E-state index is 12.5. The summed E-state index contributed by atoms with van der Waals surface area (Å²) in [6, 6.07) is -0.117. The lowest BCUT2D eigenvalue weighted by Crippen LogP contribution is -2.54. The Morgan fingerprint density at radius 2 is 2.20 bits per heavy atom. The Balaban J connectivity index is 1.50. The number of carbonyl (C=O) groups is 2. The number of aryl methyl sites for hydroxylation is 1. The third kappa shape index (κ3) is 4.12. The first-order valence-electron chi connectivity index (χ1n) is 8.73. The molecule has 1 saturated heterocycles. The van der Waals surface area contributed by atoms with E-state index in [4.69, 9.17) is 4.74 Å². The minimum absolute atomic E-state index is 0.105. The molecule has 0 unspecified atom stereocenters. The Morgan fingerprint density at radius 1 is 1.44 bits per heavy atom. The molecule has 1 aromatic rings. The van der Waals surface area contributed by atoms with Crippen molar-refractivity contribution in [3.8, 4) is 0 Å². The largest absolute Gasteiger partial charge is 0.365 e. The first-order chi connectivity index (χ1) is 11.9. The van der Waals surface area contributed by atoms with Crippen LogP contribution in [0.2, 0.25) is 0 Å². The van der Waals surface area contributed by atoms with Gasteiger partial charge >= 0.3 is 6.03 Å². The lowest BCUT2D eigenvalue weighted by atomic mass is 10.1. The van der Waals surface area contributed by atoms with Gasteiger partial charge in [-0.15, -0.1) is 0 Å². The SMILES string of the molecule is Cc1nccn1CC1(CNC(=O)N2CCO[C@H](C(=O)N(C)C)C2)CC1. The van der Waals surface area contributed by atoms with E-state index in [1.54, 1.807) is 25.2 Å². The quantitative estimate of drug-likeness (QED) is 0.838. The van der Waals surface area contributed by atoms with Crippen LogP contribution in [0, 0.1) is 12.3 Å². The second-order valence-corrected chi connectivity index (χ2v) is 7.30. The summed E-state index contributed by atoms with van der Waals surface area (Å²) in [6.07, 6.45) is 5.43. The Kier molecular flexibility index (Phi) is 4.99. The van der Waals surface area contributed by atoms with Crippen molar-refractivity contribution in [1.82, 2.24) is 24.7 Å². The van der Waals surface area contributed by atoms with Gasteiger partial charge in [-0.1, -0.05) is 0 Å². The Hall–Kier alpha value is -2.09. The predicted octanol–water partition coefficient (Wildman–Crippen LogP) is 0.470. The summed E-state index contributed by atoms with van der Waals surface area (Å²) in [7, 11) is 3.39. The lowest BCUT2D eigenvalue weighted by Gasteiger charge is -2.33. The van der Waals surface area contributed by atoms with Crippen LogP contribution in [0.15, 0.2) is 12.4 Å². The van der Waals surface area contributed by atoms with E-state index < -0.39 is 6.10 Å². The summed E-state index contributed by atoms with van der Waals surface area (Å²) >= 11 is 0. The first kappa shape index (κ1) is 17.7. The molecule has 0 spiro atoms. The molecule has 1 aliphatic heterocycles. The minimum atomic E-state index is -0.571. The van der Waals surface area contributed by atoms with Crippen LogP contribution >= 0.6 is 0 Å². The molecule has 2 fully saturated rings. The van der Waals surface area contributed by atoms with E-state index in [2.05, 4.69) is 14.9 Å². The third-order valence-electron chi connectivity index (χ3n) is 5.07. The van der Waals surface area contributed by atoms with E-state index in [1.807, 2.05) is 13.1 Å². The highest BCUT2D eigenvalue weighted by molar-refractivity contribution is 5.82. The number of imidazole rings is 1. The summed E-state index contributed by atoms with van der Waals surface area (Å²) in [6.45, 7) is 4.71. The number of hydrogen-bond acceptors (Lipinski definition) is 4. The van der Waals surface area contributed by atoms with Gasteiger partial charge in [0.15, 0.2) is 6.10 Å². The predicted molar refractivity (Wildman–Crippen MR) is 92.0 cm³/mol. The fourth-order valence-corrected chi connectivity index (χ4v) is 3.15. The molecule has 0 bridgehead atoms. The molecule has 8 heteroatoms. The van der Waals surface area contributed by atoms with Crippen molar-refractivity contribution >= 4 is 11.9 Å². The fraction of sp³-hybridized carbons (Fsp3) is 0.706. The molecule has 2 heterocycles. The molecule has 25 heavy (non-hydrogen) atoms. The van der Waals surface area contributed by atoms with E-state index in [-0.39, 0.29) is 17.4 Å². The van der Waals surface area contributed by atoms with Gasteiger partial charge in [0.1, 0.15) is 5.82 Å². The van der Waals surface area contributed by atoms with Gasteiger partial charge in [-0.2, -0.15) is 0 Å². The highest BCUT2D eigenvalue weighted by atomic mass is 16.5. The monoisotopic (exact) mass is 349 g/mol. The molecule has 1 N–H and O–H groups in total. The number of nitrogens with one attached hydrogen (secondary N) is 1. The molecule has 2 aliphatic rings. The summed E-state index contributed by atoms with van der Waals surface area (Å²) in [5.41, 5.74) is 0.131.